The number of nitrogens with one attached hydrogen (secondary N) is 1. The van der Waals surface area contributed by atoms with Crippen LogP contribution in [0.15, 0.2) is 24.3 Å². The van der Waals surface area contributed by atoms with Gasteiger partial charge in [-0.15, -0.1) is 0 Å². The number of amides is 2. The maximum absolute atomic E-state index is 12.3. The summed E-state index contributed by atoms with van der Waals surface area (Å²) in [6, 6.07) is 7.83. The van der Waals surface area contributed by atoms with E-state index in [0.717, 1.165) is 24.3 Å². The first-order valence-corrected chi connectivity index (χ1v) is 8.35. The number of carbonyl (C=O) groups excluding carboxylic acids is 1. The molecule has 2 unspecified atom stereocenters. The summed E-state index contributed by atoms with van der Waals surface area (Å²) in [5.74, 6) is 0.269. The highest BCUT2D eigenvalue weighted by atomic mass is 35.5. The van der Waals surface area contributed by atoms with E-state index in [9.17, 15) is 9.90 Å². The average Bonchev–Trinajstić information content (AvgIpc) is 3.29. The average molecular weight is 323 g/mol. The van der Waals surface area contributed by atoms with Crippen molar-refractivity contribution in [2.75, 3.05) is 19.6 Å². The highest BCUT2D eigenvalue weighted by Gasteiger charge is 2.44. The molecule has 1 heterocycles. The molecule has 2 aliphatic rings. The lowest BCUT2D eigenvalue weighted by Gasteiger charge is -2.34. The van der Waals surface area contributed by atoms with E-state index in [2.05, 4.69) is 11.4 Å². The predicted molar refractivity (Wildman–Crippen MR) is 87.1 cm³/mol. The topological polar surface area (TPSA) is 52.6 Å². The van der Waals surface area contributed by atoms with E-state index in [1.165, 1.54) is 5.56 Å². The predicted octanol–water partition coefficient (Wildman–Crippen LogP) is 2.78. The summed E-state index contributed by atoms with van der Waals surface area (Å²) in [4.78, 5) is 14.0. The van der Waals surface area contributed by atoms with E-state index in [4.69, 9.17) is 11.6 Å². The molecular weight excluding hydrogens is 300 g/mol. The van der Waals surface area contributed by atoms with Crippen LogP contribution in [0, 0.1) is 5.92 Å². The highest BCUT2D eigenvalue weighted by Crippen LogP contribution is 2.48. The van der Waals surface area contributed by atoms with Gasteiger partial charge in [-0.05, 0) is 42.9 Å². The zero-order chi connectivity index (χ0) is 15.7. The molecule has 2 amide bonds. The summed E-state index contributed by atoms with van der Waals surface area (Å²) in [6.45, 7) is 3.80. The number of halogens is 1. The third-order valence-corrected chi connectivity index (χ3v) is 5.31. The fourth-order valence-corrected chi connectivity index (χ4v) is 3.32. The summed E-state index contributed by atoms with van der Waals surface area (Å²) in [5.41, 5.74) is 1.25. The van der Waals surface area contributed by atoms with Crippen LogP contribution in [0.5, 0.6) is 0 Å². The Morgan fingerprint density at radius 3 is 2.91 bits per heavy atom. The number of hydrogen-bond donors (Lipinski definition) is 2. The largest absolute Gasteiger partial charge is 0.391 e. The van der Waals surface area contributed by atoms with Gasteiger partial charge in [0.1, 0.15) is 0 Å². The molecule has 3 rings (SSSR count). The van der Waals surface area contributed by atoms with E-state index < -0.39 is 6.10 Å². The van der Waals surface area contributed by atoms with Crippen molar-refractivity contribution in [3.05, 3.63) is 34.9 Å². The van der Waals surface area contributed by atoms with Gasteiger partial charge in [0.05, 0.1) is 6.10 Å². The van der Waals surface area contributed by atoms with Crippen molar-refractivity contribution in [3.8, 4) is 0 Å². The van der Waals surface area contributed by atoms with Gasteiger partial charge in [0, 0.05) is 30.1 Å². The van der Waals surface area contributed by atoms with Crippen LogP contribution in [0.2, 0.25) is 5.02 Å². The summed E-state index contributed by atoms with van der Waals surface area (Å²) in [5, 5.41) is 13.7. The molecule has 1 aromatic carbocycles. The molecule has 0 aromatic heterocycles. The van der Waals surface area contributed by atoms with Crippen molar-refractivity contribution < 1.29 is 9.90 Å². The molecular formula is C17H23ClN2O2. The Bertz CT molecular complexity index is 559. The number of urea groups is 1. The first-order chi connectivity index (χ1) is 10.5. The van der Waals surface area contributed by atoms with Crippen molar-refractivity contribution in [2.24, 2.45) is 5.92 Å². The van der Waals surface area contributed by atoms with Crippen LogP contribution in [0.3, 0.4) is 0 Å². The van der Waals surface area contributed by atoms with Gasteiger partial charge < -0.3 is 15.3 Å². The van der Waals surface area contributed by atoms with Gasteiger partial charge in [0.15, 0.2) is 0 Å². The van der Waals surface area contributed by atoms with Gasteiger partial charge in [-0.2, -0.15) is 0 Å². The molecule has 2 atom stereocenters. The monoisotopic (exact) mass is 322 g/mol. The van der Waals surface area contributed by atoms with Gasteiger partial charge in [-0.3, -0.25) is 0 Å². The molecule has 0 radical (unpaired) electrons. The molecule has 1 saturated carbocycles. The second-order valence-corrected chi connectivity index (χ2v) is 7.17. The van der Waals surface area contributed by atoms with Crippen LogP contribution in [0.1, 0.15) is 31.7 Å². The van der Waals surface area contributed by atoms with Crippen LogP contribution < -0.4 is 5.32 Å². The summed E-state index contributed by atoms with van der Waals surface area (Å²) in [7, 11) is 0. The number of piperidine rings is 1. The maximum Gasteiger partial charge on any atom is 0.317 e. The number of nitrogens with zero attached hydrogens (tertiary/aromatic N) is 1. The Balaban J connectivity index is 1.57. The third-order valence-electron chi connectivity index (χ3n) is 5.07. The van der Waals surface area contributed by atoms with Crippen molar-refractivity contribution in [1.82, 2.24) is 10.2 Å². The molecule has 120 valence electrons. The molecule has 1 aliphatic heterocycles. The molecule has 22 heavy (non-hydrogen) atoms. The first kappa shape index (κ1) is 15.6. The standard InChI is InChI=1S/C17H23ClN2O2/c1-12-5-8-20(10-15(12)21)16(22)19-11-17(6-7-17)13-3-2-4-14(18)9-13/h2-4,9,12,15,21H,5-8,10-11H2,1H3,(H,19,22). The normalized spacial score (nSPS) is 26.6. The van der Waals surface area contributed by atoms with E-state index in [1.54, 1.807) is 4.90 Å². The second kappa shape index (κ2) is 6.09. The van der Waals surface area contributed by atoms with Crippen LogP contribution >= 0.6 is 11.6 Å². The van der Waals surface area contributed by atoms with Crippen molar-refractivity contribution in [2.45, 2.75) is 37.7 Å². The van der Waals surface area contributed by atoms with Crippen molar-refractivity contribution in [1.29, 1.82) is 0 Å². The van der Waals surface area contributed by atoms with Crippen LogP contribution in [0.4, 0.5) is 4.79 Å². The molecule has 1 saturated heterocycles. The molecule has 0 spiro atoms. The Morgan fingerprint density at radius 1 is 1.50 bits per heavy atom. The van der Waals surface area contributed by atoms with Gasteiger partial charge >= 0.3 is 6.03 Å². The Kier molecular flexibility index (Phi) is 4.33. The van der Waals surface area contributed by atoms with Gasteiger partial charge in [-0.25, -0.2) is 4.79 Å². The molecule has 2 N–H and O–H groups in total. The zero-order valence-electron chi connectivity index (χ0n) is 12.9. The molecule has 5 heteroatoms. The van der Waals surface area contributed by atoms with Crippen molar-refractivity contribution >= 4 is 17.6 Å². The number of likely N-dealkylation sites (tertiary alicyclic amines) is 1. The number of aliphatic hydroxyl groups excluding tert-OH is 1. The van der Waals surface area contributed by atoms with E-state index in [-0.39, 0.29) is 17.4 Å². The first-order valence-electron chi connectivity index (χ1n) is 7.97. The van der Waals surface area contributed by atoms with Crippen LogP contribution in [-0.4, -0.2) is 41.8 Å². The van der Waals surface area contributed by atoms with Gasteiger partial charge in [0.2, 0.25) is 0 Å². The number of benzene rings is 1. The molecule has 0 bridgehead atoms. The molecule has 1 aliphatic carbocycles. The minimum atomic E-state index is -0.415. The minimum Gasteiger partial charge on any atom is -0.391 e. The van der Waals surface area contributed by atoms with Gasteiger partial charge in [-0.1, -0.05) is 30.7 Å². The maximum atomic E-state index is 12.3. The third kappa shape index (κ3) is 3.23. The quantitative estimate of drug-likeness (QED) is 0.899. The van der Waals surface area contributed by atoms with Crippen molar-refractivity contribution in [3.63, 3.8) is 0 Å². The summed E-state index contributed by atoms with van der Waals surface area (Å²) < 4.78 is 0. The number of aliphatic hydroxyl groups is 1. The Labute approximate surface area is 136 Å². The lowest BCUT2D eigenvalue weighted by Crippen LogP contribution is -2.50. The second-order valence-electron chi connectivity index (χ2n) is 6.73. The highest BCUT2D eigenvalue weighted by molar-refractivity contribution is 6.30. The molecule has 2 fully saturated rings. The minimum absolute atomic E-state index is 0.0439. The Hall–Kier alpha value is -1.26. The number of carbonyl (C=O) groups is 1. The Morgan fingerprint density at radius 2 is 2.27 bits per heavy atom. The molecule has 4 nitrogen and oxygen atoms in total. The number of hydrogen-bond acceptors (Lipinski definition) is 2. The van der Waals surface area contributed by atoms with Gasteiger partial charge in [0.25, 0.3) is 0 Å². The van der Waals surface area contributed by atoms with E-state index in [0.29, 0.717) is 19.6 Å². The fraction of sp³-hybridized carbons (Fsp3) is 0.588. The SMILES string of the molecule is CC1CCN(C(=O)NCC2(c3cccc(Cl)c3)CC2)CC1O. The smallest absolute Gasteiger partial charge is 0.317 e. The molecule has 1 aromatic rings. The lowest BCUT2D eigenvalue weighted by atomic mass is 9.95. The van der Waals surface area contributed by atoms with Crippen LogP contribution in [-0.2, 0) is 5.41 Å². The number of β-amino-alcohol motifs (C(OH)–C–C–N with tert-alkyl or cyclic N) is 1. The lowest BCUT2D eigenvalue weighted by molar-refractivity contribution is 0.0435. The van der Waals surface area contributed by atoms with E-state index >= 15 is 0 Å². The summed E-state index contributed by atoms with van der Waals surface area (Å²) in [6.07, 6.45) is 2.59. The fourth-order valence-electron chi connectivity index (χ4n) is 3.13. The zero-order valence-corrected chi connectivity index (χ0v) is 13.6. The number of rotatable bonds is 3. The van der Waals surface area contributed by atoms with E-state index in [1.807, 2.05) is 25.1 Å². The van der Waals surface area contributed by atoms with Crippen LogP contribution in [0.25, 0.3) is 0 Å². The summed E-state index contributed by atoms with van der Waals surface area (Å²) >= 11 is 6.07.